The first-order valence-corrected chi connectivity index (χ1v) is 6.74. The number of halogens is 1. The summed E-state index contributed by atoms with van der Waals surface area (Å²) in [5, 5.41) is 5.21. The van der Waals surface area contributed by atoms with Crippen molar-refractivity contribution in [2.45, 2.75) is 20.3 Å². The molecule has 5 nitrogen and oxygen atoms in total. The average molecular weight is 283 g/mol. The molecule has 1 amide bonds. The smallest absolute Gasteiger partial charge is 0.254 e. The van der Waals surface area contributed by atoms with Gasteiger partial charge in [-0.1, -0.05) is 13.8 Å². The predicted octanol–water partition coefficient (Wildman–Crippen LogP) is 2.05. The fraction of sp³-hybridized carbons (Fsp3) is 0.571. The largest absolute Gasteiger partial charge is 0.380 e. The first-order chi connectivity index (χ1) is 9.56. The van der Waals surface area contributed by atoms with Crippen molar-refractivity contribution in [1.82, 2.24) is 10.3 Å². The molecule has 0 unspecified atom stereocenters. The molecule has 0 radical (unpaired) electrons. The lowest BCUT2D eigenvalue weighted by atomic mass is 10.1. The lowest BCUT2D eigenvalue weighted by Crippen LogP contribution is -2.28. The Balaban J connectivity index is 2.36. The standard InChI is InChI=1S/C14H22FN3O2/c1-10(2)5-8-20-9-7-18-14(19)11-4-6-17-13(16-3)12(11)15/h4,6,10H,5,7-9H2,1-3H3,(H,16,17)(H,18,19). The molecule has 0 bridgehead atoms. The molecule has 0 aliphatic rings. The van der Waals surface area contributed by atoms with Crippen molar-refractivity contribution in [2.75, 3.05) is 32.1 Å². The van der Waals surface area contributed by atoms with Gasteiger partial charge in [-0.3, -0.25) is 4.79 Å². The number of ether oxygens (including phenoxy) is 1. The highest BCUT2D eigenvalue weighted by atomic mass is 19.1. The Hall–Kier alpha value is -1.69. The van der Waals surface area contributed by atoms with Crippen LogP contribution in [0.2, 0.25) is 0 Å². The number of carbonyl (C=O) groups excluding carboxylic acids is 1. The van der Waals surface area contributed by atoms with Crippen molar-refractivity contribution in [1.29, 1.82) is 0 Å². The molecule has 2 N–H and O–H groups in total. The van der Waals surface area contributed by atoms with Crippen molar-refractivity contribution in [3.8, 4) is 0 Å². The van der Waals surface area contributed by atoms with Gasteiger partial charge in [0.15, 0.2) is 11.6 Å². The minimum atomic E-state index is -0.645. The van der Waals surface area contributed by atoms with Gasteiger partial charge in [0.1, 0.15) is 0 Å². The number of pyridine rings is 1. The Morgan fingerprint density at radius 3 is 2.85 bits per heavy atom. The maximum atomic E-state index is 13.8. The van der Waals surface area contributed by atoms with E-state index in [1.54, 1.807) is 7.05 Å². The van der Waals surface area contributed by atoms with E-state index in [9.17, 15) is 9.18 Å². The maximum Gasteiger partial charge on any atom is 0.254 e. The normalized spacial score (nSPS) is 10.7. The van der Waals surface area contributed by atoms with Crippen LogP contribution < -0.4 is 10.6 Å². The van der Waals surface area contributed by atoms with Crippen LogP contribution >= 0.6 is 0 Å². The highest BCUT2D eigenvalue weighted by Gasteiger charge is 2.14. The summed E-state index contributed by atoms with van der Waals surface area (Å²) in [6, 6.07) is 1.35. The average Bonchev–Trinajstić information content (AvgIpc) is 2.42. The van der Waals surface area contributed by atoms with Gasteiger partial charge < -0.3 is 15.4 Å². The van der Waals surface area contributed by atoms with Crippen molar-refractivity contribution >= 4 is 11.7 Å². The molecular formula is C14H22FN3O2. The van der Waals surface area contributed by atoms with E-state index in [0.717, 1.165) is 6.42 Å². The molecule has 0 aromatic carbocycles. The second-order valence-corrected chi connectivity index (χ2v) is 4.82. The maximum absolute atomic E-state index is 13.8. The summed E-state index contributed by atoms with van der Waals surface area (Å²) in [7, 11) is 1.55. The van der Waals surface area contributed by atoms with Gasteiger partial charge in [0, 0.05) is 26.4 Å². The summed E-state index contributed by atoms with van der Waals surface area (Å²) in [6.45, 7) is 5.69. The molecule has 20 heavy (non-hydrogen) atoms. The second-order valence-electron chi connectivity index (χ2n) is 4.82. The molecule has 0 saturated carbocycles. The molecule has 0 saturated heterocycles. The molecule has 112 valence electrons. The number of nitrogens with one attached hydrogen (secondary N) is 2. The minimum Gasteiger partial charge on any atom is -0.380 e. The Morgan fingerprint density at radius 2 is 2.20 bits per heavy atom. The van der Waals surface area contributed by atoms with Crippen LogP contribution in [0.15, 0.2) is 12.3 Å². The number of carbonyl (C=O) groups is 1. The fourth-order valence-electron chi connectivity index (χ4n) is 1.55. The van der Waals surface area contributed by atoms with E-state index in [0.29, 0.717) is 25.7 Å². The van der Waals surface area contributed by atoms with Crippen LogP contribution in [-0.2, 0) is 4.74 Å². The number of hydrogen-bond donors (Lipinski definition) is 2. The van der Waals surface area contributed by atoms with Gasteiger partial charge in [0.2, 0.25) is 0 Å². The molecular weight excluding hydrogens is 261 g/mol. The van der Waals surface area contributed by atoms with Crippen LogP contribution in [0.3, 0.4) is 0 Å². The fourth-order valence-corrected chi connectivity index (χ4v) is 1.55. The van der Waals surface area contributed by atoms with Crippen LogP contribution in [0.5, 0.6) is 0 Å². The Kier molecular flexibility index (Phi) is 6.93. The van der Waals surface area contributed by atoms with E-state index in [2.05, 4.69) is 29.5 Å². The predicted molar refractivity (Wildman–Crippen MR) is 76.3 cm³/mol. The Labute approximate surface area is 118 Å². The molecule has 0 aliphatic carbocycles. The molecule has 0 aliphatic heterocycles. The topological polar surface area (TPSA) is 63.2 Å². The van der Waals surface area contributed by atoms with E-state index in [-0.39, 0.29) is 11.4 Å². The van der Waals surface area contributed by atoms with Crippen molar-refractivity contribution in [2.24, 2.45) is 5.92 Å². The number of rotatable bonds is 8. The zero-order chi connectivity index (χ0) is 15.0. The van der Waals surface area contributed by atoms with Crippen LogP contribution in [0.1, 0.15) is 30.6 Å². The zero-order valence-electron chi connectivity index (χ0n) is 12.2. The van der Waals surface area contributed by atoms with Crippen LogP contribution in [0.25, 0.3) is 0 Å². The lowest BCUT2D eigenvalue weighted by Gasteiger charge is -2.09. The number of amides is 1. The van der Waals surface area contributed by atoms with Gasteiger partial charge in [-0.05, 0) is 18.4 Å². The van der Waals surface area contributed by atoms with Crippen molar-refractivity contribution in [3.63, 3.8) is 0 Å². The molecule has 1 rings (SSSR count). The van der Waals surface area contributed by atoms with Gasteiger partial charge in [0.05, 0.1) is 12.2 Å². The van der Waals surface area contributed by atoms with Gasteiger partial charge in [-0.25, -0.2) is 9.37 Å². The quantitative estimate of drug-likeness (QED) is 0.717. The number of hydrogen-bond acceptors (Lipinski definition) is 4. The first-order valence-electron chi connectivity index (χ1n) is 6.74. The highest BCUT2D eigenvalue weighted by Crippen LogP contribution is 2.13. The highest BCUT2D eigenvalue weighted by molar-refractivity contribution is 5.95. The molecule has 1 aromatic heterocycles. The van der Waals surface area contributed by atoms with E-state index >= 15 is 0 Å². The minimum absolute atomic E-state index is 0.0217. The van der Waals surface area contributed by atoms with Crippen molar-refractivity contribution in [3.05, 3.63) is 23.6 Å². The van der Waals surface area contributed by atoms with Gasteiger partial charge >= 0.3 is 0 Å². The first kappa shape index (κ1) is 16.4. The SMILES string of the molecule is CNc1nccc(C(=O)NCCOCCC(C)C)c1F. The number of anilines is 1. The van der Waals surface area contributed by atoms with Crippen LogP contribution in [0, 0.1) is 11.7 Å². The molecule has 1 heterocycles. The molecule has 1 aromatic rings. The molecule has 0 fully saturated rings. The summed E-state index contributed by atoms with van der Waals surface area (Å²) in [5.41, 5.74) is -0.0217. The summed E-state index contributed by atoms with van der Waals surface area (Å²) in [4.78, 5) is 15.6. The number of aromatic nitrogens is 1. The molecule has 6 heteroatoms. The van der Waals surface area contributed by atoms with E-state index in [4.69, 9.17) is 4.74 Å². The van der Waals surface area contributed by atoms with Crippen LogP contribution in [-0.4, -0.2) is 37.7 Å². The lowest BCUT2D eigenvalue weighted by molar-refractivity contribution is 0.0902. The van der Waals surface area contributed by atoms with Crippen LogP contribution in [0.4, 0.5) is 10.2 Å². The Morgan fingerprint density at radius 1 is 1.45 bits per heavy atom. The second kappa shape index (κ2) is 8.47. The summed E-state index contributed by atoms with van der Waals surface area (Å²) in [6.07, 6.45) is 2.38. The number of nitrogens with zero attached hydrogens (tertiary/aromatic N) is 1. The Bertz CT molecular complexity index is 438. The van der Waals surface area contributed by atoms with Crippen molar-refractivity contribution < 1.29 is 13.9 Å². The van der Waals surface area contributed by atoms with Gasteiger partial charge in [0.25, 0.3) is 5.91 Å². The third-order valence-electron chi connectivity index (χ3n) is 2.74. The van der Waals surface area contributed by atoms with E-state index < -0.39 is 11.7 Å². The summed E-state index contributed by atoms with van der Waals surface area (Å²) in [5.74, 6) is -0.455. The van der Waals surface area contributed by atoms with Gasteiger partial charge in [-0.2, -0.15) is 0 Å². The third-order valence-corrected chi connectivity index (χ3v) is 2.74. The summed E-state index contributed by atoms with van der Waals surface area (Å²) < 4.78 is 19.2. The van der Waals surface area contributed by atoms with E-state index in [1.165, 1.54) is 12.3 Å². The van der Waals surface area contributed by atoms with E-state index in [1.807, 2.05) is 0 Å². The monoisotopic (exact) mass is 283 g/mol. The zero-order valence-corrected chi connectivity index (χ0v) is 12.2. The third kappa shape index (κ3) is 5.13. The van der Waals surface area contributed by atoms with Gasteiger partial charge in [-0.15, -0.1) is 0 Å². The summed E-state index contributed by atoms with van der Waals surface area (Å²) >= 11 is 0. The molecule has 0 spiro atoms. The molecule has 0 atom stereocenters.